The minimum atomic E-state index is -0.503. The number of carbonyl (C=O) groups excluding carboxylic acids is 1. The largest absolute Gasteiger partial charge is 0.353 e. The molecule has 90 valence electrons. The van der Waals surface area contributed by atoms with Crippen LogP contribution in [-0.4, -0.2) is 17.4 Å². The molecule has 0 aliphatic carbocycles. The third-order valence-electron chi connectivity index (χ3n) is 1.96. The van der Waals surface area contributed by atoms with Crippen molar-refractivity contribution in [2.45, 2.75) is 6.92 Å². The standard InChI is InChI=1S/C11H11ClN2O3/c1-8(15)13-6-2-3-9-4-5-10(14(16)17)7-11(9)12/h2-5,7H,6H2,1H3,(H,13,15). The molecule has 0 aliphatic rings. The number of carbonyl (C=O) groups is 1. The lowest BCUT2D eigenvalue weighted by atomic mass is 10.2. The molecule has 0 heterocycles. The quantitative estimate of drug-likeness (QED) is 0.662. The van der Waals surface area contributed by atoms with E-state index in [1.54, 1.807) is 18.2 Å². The van der Waals surface area contributed by atoms with Crippen molar-refractivity contribution < 1.29 is 9.72 Å². The molecule has 0 unspecified atom stereocenters. The summed E-state index contributed by atoms with van der Waals surface area (Å²) in [6, 6.07) is 4.23. The summed E-state index contributed by atoms with van der Waals surface area (Å²) in [5.41, 5.74) is 0.622. The topological polar surface area (TPSA) is 72.2 Å². The first-order chi connectivity index (χ1) is 8.00. The Bertz CT molecular complexity index is 472. The van der Waals surface area contributed by atoms with Crippen molar-refractivity contribution in [3.05, 3.63) is 45.0 Å². The van der Waals surface area contributed by atoms with Crippen molar-refractivity contribution in [1.82, 2.24) is 5.32 Å². The van der Waals surface area contributed by atoms with Gasteiger partial charge < -0.3 is 5.32 Å². The fourth-order valence-corrected chi connectivity index (χ4v) is 1.39. The summed E-state index contributed by atoms with van der Waals surface area (Å²) in [6.45, 7) is 1.81. The Kier molecular flexibility index (Phi) is 4.66. The molecule has 1 rings (SSSR count). The highest BCUT2D eigenvalue weighted by Crippen LogP contribution is 2.23. The van der Waals surface area contributed by atoms with Crippen LogP contribution in [0.25, 0.3) is 6.08 Å². The lowest BCUT2D eigenvalue weighted by Gasteiger charge is -1.99. The van der Waals surface area contributed by atoms with Gasteiger partial charge in [0.25, 0.3) is 5.69 Å². The normalized spacial score (nSPS) is 10.5. The Balaban J connectivity index is 2.72. The molecule has 0 atom stereocenters. The zero-order chi connectivity index (χ0) is 12.8. The van der Waals surface area contributed by atoms with E-state index in [2.05, 4.69) is 5.32 Å². The van der Waals surface area contributed by atoms with Gasteiger partial charge in [0.15, 0.2) is 0 Å². The lowest BCUT2D eigenvalue weighted by Crippen LogP contribution is -2.19. The highest BCUT2D eigenvalue weighted by molar-refractivity contribution is 6.32. The van der Waals surface area contributed by atoms with Crippen molar-refractivity contribution in [3.8, 4) is 0 Å². The van der Waals surface area contributed by atoms with Gasteiger partial charge in [0.1, 0.15) is 0 Å². The third kappa shape index (κ3) is 4.24. The van der Waals surface area contributed by atoms with Crippen LogP contribution >= 0.6 is 11.6 Å². The van der Waals surface area contributed by atoms with E-state index >= 15 is 0 Å². The molecule has 0 bridgehead atoms. The lowest BCUT2D eigenvalue weighted by molar-refractivity contribution is -0.384. The SMILES string of the molecule is CC(=O)NCC=Cc1ccc([N+](=O)[O-])cc1Cl. The van der Waals surface area contributed by atoms with Crippen LogP contribution in [0.1, 0.15) is 12.5 Å². The molecule has 6 heteroatoms. The molecule has 0 aliphatic heterocycles. The maximum absolute atomic E-state index is 10.6. The summed E-state index contributed by atoms with van der Waals surface area (Å²) >= 11 is 5.87. The first-order valence-electron chi connectivity index (χ1n) is 4.85. The van der Waals surface area contributed by atoms with Gasteiger partial charge in [-0.05, 0) is 11.6 Å². The van der Waals surface area contributed by atoms with E-state index < -0.39 is 4.92 Å². The number of benzene rings is 1. The van der Waals surface area contributed by atoms with Crippen LogP contribution in [0.4, 0.5) is 5.69 Å². The van der Waals surface area contributed by atoms with Crippen LogP contribution in [0.3, 0.4) is 0 Å². The average Bonchev–Trinajstić information content (AvgIpc) is 2.25. The summed E-state index contributed by atoms with van der Waals surface area (Å²) < 4.78 is 0. The Morgan fingerprint density at radius 3 is 2.82 bits per heavy atom. The van der Waals surface area contributed by atoms with Gasteiger partial charge in [0, 0.05) is 25.6 Å². The number of amides is 1. The van der Waals surface area contributed by atoms with Gasteiger partial charge >= 0.3 is 0 Å². The molecule has 17 heavy (non-hydrogen) atoms. The van der Waals surface area contributed by atoms with Gasteiger partial charge in [-0.2, -0.15) is 0 Å². The molecule has 1 aromatic rings. The van der Waals surface area contributed by atoms with Gasteiger partial charge in [-0.15, -0.1) is 0 Å². The molecular formula is C11H11ClN2O3. The van der Waals surface area contributed by atoms with Gasteiger partial charge in [0.2, 0.25) is 5.91 Å². The Morgan fingerprint density at radius 2 is 2.29 bits per heavy atom. The summed E-state index contributed by atoms with van der Waals surface area (Å²) in [7, 11) is 0. The van der Waals surface area contributed by atoms with E-state index in [0.717, 1.165) is 0 Å². The van der Waals surface area contributed by atoms with Crippen LogP contribution in [-0.2, 0) is 4.79 Å². The second-order valence-electron chi connectivity index (χ2n) is 3.30. The van der Waals surface area contributed by atoms with Crippen molar-refractivity contribution in [2.75, 3.05) is 6.54 Å². The average molecular weight is 255 g/mol. The van der Waals surface area contributed by atoms with E-state index in [9.17, 15) is 14.9 Å². The smallest absolute Gasteiger partial charge is 0.270 e. The molecule has 1 N–H and O–H groups in total. The van der Waals surface area contributed by atoms with Crippen molar-refractivity contribution >= 4 is 29.3 Å². The summed E-state index contributed by atoms with van der Waals surface area (Å²) in [5, 5.41) is 13.4. The van der Waals surface area contributed by atoms with Crippen LogP contribution < -0.4 is 5.32 Å². The molecule has 0 saturated carbocycles. The minimum absolute atomic E-state index is 0.0472. The number of nitrogens with zero attached hydrogens (tertiary/aromatic N) is 1. The van der Waals surface area contributed by atoms with Gasteiger partial charge in [-0.1, -0.05) is 23.8 Å². The number of hydrogen-bond acceptors (Lipinski definition) is 3. The predicted octanol–water partition coefficient (Wildman–Crippen LogP) is 2.40. The first kappa shape index (κ1) is 13.2. The zero-order valence-corrected chi connectivity index (χ0v) is 9.90. The van der Waals surface area contributed by atoms with E-state index in [1.807, 2.05) is 0 Å². The number of non-ortho nitro benzene ring substituents is 1. The number of nitrogens with one attached hydrogen (secondary N) is 1. The van der Waals surface area contributed by atoms with Crippen LogP contribution in [0.5, 0.6) is 0 Å². The second kappa shape index (κ2) is 6.00. The Hall–Kier alpha value is -1.88. The summed E-state index contributed by atoms with van der Waals surface area (Å²) in [6.07, 6.45) is 3.41. The van der Waals surface area contributed by atoms with Crippen molar-refractivity contribution in [2.24, 2.45) is 0 Å². The van der Waals surface area contributed by atoms with Gasteiger partial charge in [0.05, 0.1) is 9.95 Å². The predicted molar refractivity (Wildman–Crippen MR) is 65.8 cm³/mol. The maximum Gasteiger partial charge on any atom is 0.270 e. The maximum atomic E-state index is 10.6. The van der Waals surface area contributed by atoms with E-state index in [1.165, 1.54) is 19.1 Å². The zero-order valence-electron chi connectivity index (χ0n) is 9.14. The molecular weight excluding hydrogens is 244 g/mol. The van der Waals surface area contributed by atoms with Crippen molar-refractivity contribution in [3.63, 3.8) is 0 Å². The van der Waals surface area contributed by atoms with Crippen molar-refractivity contribution in [1.29, 1.82) is 0 Å². The second-order valence-corrected chi connectivity index (χ2v) is 3.71. The summed E-state index contributed by atoms with van der Waals surface area (Å²) in [5.74, 6) is -0.121. The minimum Gasteiger partial charge on any atom is -0.353 e. The van der Waals surface area contributed by atoms with Gasteiger partial charge in [-0.25, -0.2) is 0 Å². The third-order valence-corrected chi connectivity index (χ3v) is 2.29. The molecule has 0 fully saturated rings. The van der Waals surface area contributed by atoms with E-state index in [-0.39, 0.29) is 11.6 Å². The fourth-order valence-electron chi connectivity index (χ4n) is 1.15. The molecule has 1 amide bonds. The van der Waals surface area contributed by atoms with E-state index in [4.69, 9.17) is 11.6 Å². The Labute approximate surface area is 103 Å². The number of hydrogen-bond donors (Lipinski definition) is 1. The Morgan fingerprint density at radius 1 is 1.59 bits per heavy atom. The molecule has 1 aromatic carbocycles. The van der Waals surface area contributed by atoms with Crippen LogP contribution in [0.15, 0.2) is 24.3 Å². The highest BCUT2D eigenvalue weighted by Gasteiger charge is 2.07. The number of nitro groups is 1. The number of rotatable bonds is 4. The molecule has 0 aromatic heterocycles. The molecule has 0 radical (unpaired) electrons. The molecule has 0 spiro atoms. The highest BCUT2D eigenvalue weighted by atomic mass is 35.5. The van der Waals surface area contributed by atoms with Crippen LogP contribution in [0.2, 0.25) is 5.02 Å². The van der Waals surface area contributed by atoms with Gasteiger partial charge in [-0.3, -0.25) is 14.9 Å². The monoisotopic (exact) mass is 254 g/mol. The fraction of sp³-hybridized carbons (Fsp3) is 0.182. The van der Waals surface area contributed by atoms with Crippen LogP contribution in [0, 0.1) is 10.1 Å². The number of halogens is 1. The van der Waals surface area contributed by atoms with E-state index in [0.29, 0.717) is 17.1 Å². The molecule has 5 nitrogen and oxygen atoms in total. The summed E-state index contributed by atoms with van der Waals surface area (Å²) in [4.78, 5) is 20.6. The first-order valence-corrected chi connectivity index (χ1v) is 5.23. The molecule has 0 saturated heterocycles. The number of nitro benzene ring substituents is 1.